The Bertz CT molecular complexity index is 334. The summed E-state index contributed by atoms with van der Waals surface area (Å²) >= 11 is 0. The van der Waals surface area contributed by atoms with E-state index in [2.05, 4.69) is 11.2 Å². The summed E-state index contributed by atoms with van der Waals surface area (Å²) in [6.07, 6.45) is 5.68. The number of carboxylic acid groups (broad SMARTS) is 1. The largest absolute Gasteiger partial charge is 0.479 e. The molecule has 0 saturated carbocycles. The highest BCUT2D eigenvalue weighted by Gasteiger charge is 2.35. The van der Waals surface area contributed by atoms with E-state index in [-0.39, 0.29) is 11.9 Å². The van der Waals surface area contributed by atoms with E-state index >= 15 is 0 Å². The van der Waals surface area contributed by atoms with Crippen molar-refractivity contribution in [2.45, 2.75) is 50.9 Å². The second-order valence-electron chi connectivity index (χ2n) is 4.05. The number of aliphatic carboxylic acids is 1. The summed E-state index contributed by atoms with van der Waals surface area (Å²) in [4.78, 5) is 22.4. The quantitative estimate of drug-likeness (QED) is 0.686. The first-order chi connectivity index (χ1) is 8.08. The topological polar surface area (TPSA) is 75.6 Å². The van der Waals surface area contributed by atoms with Gasteiger partial charge in [-0.3, -0.25) is 4.79 Å². The second kappa shape index (κ2) is 6.26. The Hall–Kier alpha value is -1.54. The fourth-order valence-corrected chi connectivity index (χ4v) is 1.75. The molecule has 17 heavy (non-hydrogen) atoms. The summed E-state index contributed by atoms with van der Waals surface area (Å²) in [5.74, 6) is 1.21. The van der Waals surface area contributed by atoms with Crippen LogP contribution in [0.3, 0.4) is 0 Å². The summed E-state index contributed by atoms with van der Waals surface area (Å²) in [5, 5.41) is 11.5. The average molecular weight is 239 g/mol. The Labute approximate surface area is 101 Å². The number of carboxylic acids is 1. The predicted molar refractivity (Wildman–Crippen MR) is 61.2 cm³/mol. The monoisotopic (exact) mass is 239 g/mol. The summed E-state index contributed by atoms with van der Waals surface area (Å²) in [7, 11) is 0. The molecule has 0 aromatic heterocycles. The summed E-state index contributed by atoms with van der Waals surface area (Å²) in [6.45, 7) is 1.93. The van der Waals surface area contributed by atoms with Crippen LogP contribution in [0.2, 0.25) is 0 Å². The standard InChI is InChI=1S/C12H17NO4/c1-3-5-8(4-2)13-11(14)9-6-7-10(17-9)12(15)16/h1,8-10H,4-7H2,2H3,(H,13,14)(H,15,16)/t8?,9-,10+/m0/s1. The van der Waals surface area contributed by atoms with Gasteiger partial charge in [-0.2, -0.15) is 0 Å². The maximum absolute atomic E-state index is 11.8. The van der Waals surface area contributed by atoms with Crippen LogP contribution in [0, 0.1) is 12.3 Å². The van der Waals surface area contributed by atoms with E-state index in [0.717, 1.165) is 6.42 Å². The minimum Gasteiger partial charge on any atom is -0.479 e. The van der Waals surface area contributed by atoms with E-state index < -0.39 is 18.2 Å². The van der Waals surface area contributed by atoms with Gasteiger partial charge in [0.15, 0.2) is 6.10 Å². The van der Waals surface area contributed by atoms with E-state index in [1.54, 1.807) is 0 Å². The van der Waals surface area contributed by atoms with Crippen LogP contribution in [0.1, 0.15) is 32.6 Å². The highest BCUT2D eigenvalue weighted by atomic mass is 16.5. The molecule has 0 spiro atoms. The van der Waals surface area contributed by atoms with Gasteiger partial charge in [-0.25, -0.2) is 4.79 Å². The van der Waals surface area contributed by atoms with E-state index in [4.69, 9.17) is 16.3 Å². The smallest absolute Gasteiger partial charge is 0.332 e. The summed E-state index contributed by atoms with van der Waals surface area (Å²) in [6, 6.07) is -0.0695. The third-order valence-electron chi connectivity index (χ3n) is 2.79. The molecule has 0 aliphatic carbocycles. The predicted octanol–water partition coefficient (Wildman–Crippen LogP) is 0.537. The number of terminal acetylenes is 1. The fourth-order valence-electron chi connectivity index (χ4n) is 1.75. The normalized spacial score (nSPS) is 24.9. The van der Waals surface area contributed by atoms with Crippen LogP contribution in [-0.4, -0.2) is 35.2 Å². The molecule has 1 fully saturated rings. The molecule has 2 N–H and O–H groups in total. The highest BCUT2D eigenvalue weighted by molar-refractivity contribution is 5.82. The van der Waals surface area contributed by atoms with Gasteiger partial charge in [0.25, 0.3) is 0 Å². The Morgan fingerprint density at radius 1 is 1.53 bits per heavy atom. The summed E-state index contributed by atoms with van der Waals surface area (Å²) in [5.41, 5.74) is 0. The maximum Gasteiger partial charge on any atom is 0.332 e. The van der Waals surface area contributed by atoms with E-state index in [0.29, 0.717) is 19.3 Å². The minimum absolute atomic E-state index is 0.0695. The molecule has 1 saturated heterocycles. The SMILES string of the molecule is C#CCC(CC)NC(=O)[C@@H]1CC[C@H](C(=O)O)O1. The van der Waals surface area contributed by atoms with Crippen molar-refractivity contribution in [1.82, 2.24) is 5.32 Å². The molecule has 0 aromatic rings. The lowest BCUT2D eigenvalue weighted by Crippen LogP contribution is -2.41. The van der Waals surface area contributed by atoms with Gasteiger partial charge >= 0.3 is 5.97 Å². The Balaban J connectivity index is 2.44. The zero-order valence-corrected chi connectivity index (χ0v) is 9.81. The maximum atomic E-state index is 11.8. The van der Waals surface area contributed by atoms with Crippen molar-refractivity contribution in [2.75, 3.05) is 0 Å². The van der Waals surface area contributed by atoms with Crippen molar-refractivity contribution in [3.63, 3.8) is 0 Å². The van der Waals surface area contributed by atoms with Crippen LogP contribution in [0.15, 0.2) is 0 Å². The van der Waals surface area contributed by atoms with Crippen LogP contribution >= 0.6 is 0 Å². The molecule has 5 heteroatoms. The average Bonchev–Trinajstić information content (AvgIpc) is 2.77. The molecule has 0 radical (unpaired) electrons. The van der Waals surface area contributed by atoms with Crippen molar-refractivity contribution in [3.05, 3.63) is 0 Å². The molecular weight excluding hydrogens is 222 g/mol. The van der Waals surface area contributed by atoms with Crippen molar-refractivity contribution in [3.8, 4) is 12.3 Å². The first-order valence-corrected chi connectivity index (χ1v) is 5.70. The van der Waals surface area contributed by atoms with Crippen LogP contribution in [-0.2, 0) is 14.3 Å². The number of rotatable bonds is 5. The lowest BCUT2D eigenvalue weighted by atomic mass is 10.1. The van der Waals surface area contributed by atoms with Crippen molar-refractivity contribution in [2.24, 2.45) is 0 Å². The van der Waals surface area contributed by atoms with Gasteiger partial charge in [0.05, 0.1) is 0 Å². The molecule has 1 amide bonds. The first kappa shape index (κ1) is 13.5. The number of amides is 1. The molecule has 1 aliphatic heterocycles. The molecule has 1 rings (SSSR count). The molecular formula is C12H17NO4. The molecule has 0 bridgehead atoms. The molecule has 3 atom stereocenters. The highest BCUT2D eigenvalue weighted by Crippen LogP contribution is 2.20. The van der Waals surface area contributed by atoms with E-state index in [9.17, 15) is 9.59 Å². The molecule has 94 valence electrons. The lowest BCUT2D eigenvalue weighted by Gasteiger charge is -2.17. The van der Waals surface area contributed by atoms with E-state index in [1.807, 2.05) is 6.92 Å². The number of hydrogen-bond donors (Lipinski definition) is 2. The molecule has 1 aliphatic rings. The Morgan fingerprint density at radius 2 is 2.18 bits per heavy atom. The van der Waals surface area contributed by atoms with Crippen LogP contribution < -0.4 is 5.32 Å². The zero-order valence-electron chi connectivity index (χ0n) is 9.81. The van der Waals surface area contributed by atoms with Gasteiger partial charge in [-0.05, 0) is 19.3 Å². The number of nitrogens with one attached hydrogen (secondary N) is 1. The Morgan fingerprint density at radius 3 is 2.65 bits per heavy atom. The van der Waals surface area contributed by atoms with Crippen LogP contribution in [0.25, 0.3) is 0 Å². The number of ether oxygens (including phenoxy) is 1. The first-order valence-electron chi connectivity index (χ1n) is 5.70. The van der Waals surface area contributed by atoms with Crippen molar-refractivity contribution >= 4 is 11.9 Å². The van der Waals surface area contributed by atoms with Gasteiger partial charge < -0.3 is 15.2 Å². The molecule has 0 aromatic carbocycles. The van der Waals surface area contributed by atoms with Gasteiger partial charge in [0, 0.05) is 12.5 Å². The molecule has 1 heterocycles. The van der Waals surface area contributed by atoms with Crippen molar-refractivity contribution < 1.29 is 19.4 Å². The van der Waals surface area contributed by atoms with Crippen LogP contribution in [0.4, 0.5) is 0 Å². The van der Waals surface area contributed by atoms with E-state index in [1.165, 1.54) is 0 Å². The molecule has 1 unspecified atom stereocenters. The van der Waals surface area contributed by atoms with Crippen LogP contribution in [0.5, 0.6) is 0 Å². The van der Waals surface area contributed by atoms with Gasteiger partial charge in [0.2, 0.25) is 5.91 Å². The lowest BCUT2D eigenvalue weighted by molar-refractivity contribution is -0.151. The van der Waals surface area contributed by atoms with Gasteiger partial charge in [0.1, 0.15) is 6.10 Å². The zero-order chi connectivity index (χ0) is 12.8. The summed E-state index contributed by atoms with van der Waals surface area (Å²) < 4.78 is 5.14. The van der Waals surface area contributed by atoms with Crippen molar-refractivity contribution in [1.29, 1.82) is 0 Å². The Kier molecular flexibility index (Phi) is 4.98. The third-order valence-corrected chi connectivity index (χ3v) is 2.79. The molecule has 5 nitrogen and oxygen atoms in total. The fraction of sp³-hybridized carbons (Fsp3) is 0.667. The van der Waals surface area contributed by atoms with Gasteiger partial charge in [-0.1, -0.05) is 6.92 Å². The number of carbonyl (C=O) groups excluding carboxylic acids is 1. The number of hydrogen-bond acceptors (Lipinski definition) is 3. The second-order valence-corrected chi connectivity index (χ2v) is 4.05. The minimum atomic E-state index is -1.02. The number of carbonyl (C=O) groups is 2. The third kappa shape index (κ3) is 3.75. The van der Waals surface area contributed by atoms with Gasteiger partial charge in [-0.15, -0.1) is 12.3 Å².